The second-order valence-electron chi connectivity index (χ2n) is 9.46. The number of likely N-dealkylation sites (tertiary alicyclic amines) is 1. The Labute approximate surface area is 170 Å². The number of rotatable bonds is 2. The highest BCUT2D eigenvalue weighted by atomic mass is 16.6. The normalized spacial score (nSPS) is 23.8. The first kappa shape index (κ1) is 19.7. The van der Waals surface area contributed by atoms with E-state index in [9.17, 15) is 14.4 Å². The molecule has 8 heteroatoms. The van der Waals surface area contributed by atoms with Crippen LogP contribution in [0.4, 0.5) is 10.6 Å². The number of aromatic nitrogens is 1. The lowest BCUT2D eigenvalue weighted by Crippen LogP contribution is -2.58. The van der Waals surface area contributed by atoms with Crippen LogP contribution in [0.25, 0.3) is 0 Å². The lowest BCUT2D eigenvalue weighted by Gasteiger charge is -2.48. The third-order valence-electron chi connectivity index (χ3n) is 5.88. The molecule has 29 heavy (non-hydrogen) atoms. The molecule has 1 atom stereocenters. The van der Waals surface area contributed by atoms with Crippen LogP contribution in [0, 0.1) is 5.41 Å². The molecule has 3 aliphatic heterocycles. The van der Waals surface area contributed by atoms with Crippen molar-refractivity contribution in [2.24, 2.45) is 5.41 Å². The number of nitrogens with one attached hydrogen (secondary N) is 1. The summed E-state index contributed by atoms with van der Waals surface area (Å²) in [6, 6.07) is 3.86. The van der Waals surface area contributed by atoms with Gasteiger partial charge in [-0.05, 0) is 45.2 Å². The molecule has 4 rings (SSSR count). The number of carbonyl (C=O) groups is 3. The molecule has 3 fully saturated rings. The summed E-state index contributed by atoms with van der Waals surface area (Å²) < 4.78 is 5.49. The summed E-state index contributed by atoms with van der Waals surface area (Å²) in [4.78, 5) is 44.2. The maximum Gasteiger partial charge on any atom is 0.410 e. The highest BCUT2D eigenvalue weighted by molar-refractivity contribution is 6.00. The SMILES string of the molecule is CC(C)(C)OC(=O)N1CCC2(C1)CN(c1ccc(C3CCC(=O)NC3=O)cn1)C2. The van der Waals surface area contributed by atoms with Crippen molar-refractivity contribution >= 4 is 23.7 Å². The lowest BCUT2D eigenvalue weighted by molar-refractivity contribution is -0.134. The van der Waals surface area contributed by atoms with Gasteiger partial charge in [0.1, 0.15) is 11.4 Å². The average Bonchev–Trinajstić information content (AvgIpc) is 3.05. The Morgan fingerprint density at radius 1 is 1.24 bits per heavy atom. The minimum atomic E-state index is -0.479. The molecule has 1 spiro atoms. The minimum absolute atomic E-state index is 0.112. The Hall–Kier alpha value is -2.64. The summed E-state index contributed by atoms with van der Waals surface area (Å²) in [5.41, 5.74) is 0.471. The molecule has 8 nitrogen and oxygen atoms in total. The summed E-state index contributed by atoms with van der Waals surface area (Å²) in [5, 5.41) is 2.39. The molecule has 3 saturated heterocycles. The molecule has 1 N–H and O–H groups in total. The fourth-order valence-electron chi connectivity index (χ4n) is 4.40. The molecular weight excluding hydrogens is 372 g/mol. The van der Waals surface area contributed by atoms with Gasteiger partial charge in [0.2, 0.25) is 11.8 Å². The Bertz CT molecular complexity index is 824. The number of anilines is 1. The fourth-order valence-corrected chi connectivity index (χ4v) is 4.40. The number of hydrogen-bond donors (Lipinski definition) is 1. The van der Waals surface area contributed by atoms with Gasteiger partial charge in [-0.3, -0.25) is 14.9 Å². The highest BCUT2D eigenvalue weighted by Gasteiger charge is 2.49. The van der Waals surface area contributed by atoms with Crippen molar-refractivity contribution in [2.45, 2.75) is 51.6 Å². The van der Waals surface area contributed by atoms with Gasteiger partial charge in [0.05, 0.1) is 5.92 Å². The summed E-state index contributed by atoms with van der Waals surface area (Å²) in [6.07, 6.45) is 3.36. The predicted octanol–water partition coefficient (Wildman–Crippen LogP) is 2.05. The molecule has 1 unspecified atom stereocenters. The molecule has 3 amide bonds. The third-order valence-corrected chi connectivity index (χ3v) is 5.88. The molecule has 4 heterocycles. The molecule has 0 bridgehead atoms. The molecule has 1 aromatic rings. The zero-order valence-corrected chi connectivity index (χ0v) is 17.2. The smallest absolute Gasteiger partial charge is 0.410 e. The summed E-state index contributed by atoms with van der Waals surface area (Å²) in [5.74, 6) is 0.113. The van der Waals surface area contributed by atoms with E-state index < -0.39 is 5.60 Å². The third kappa shape index (κ3) is 4.06. The van der Waals surface area contributed by atoms with E-state index in [1.165, 1.54) is 0 Å². The van der Waals surface area contributed by atoms with Crippen molar-refractivity contribution in [2.75, 3.05) is 31.1 Å². The van der Waals surface area contributed by atoms with Gasteiger partial charge in [-0.2, -0.15) is 0 Å². The molecule has 0 saturated carbocycles. The quantitative estimate of drug-likeness (QED) is 0.764. The van der Waals surface area contributed by atoms with E-state index >= 15 is 0 Å². The second kappa shape index (κ2) is 7.00. The van der Waals surface area contributed by atoms with Crippen molar-refractivity contribution in [3.05, 3.63) is 23.9 Å². The van der Waals surface area contributed by atoms with Crippen LogP contribution in [0.2, 0.25) is 0 Å². The van der Waals surface area contributed by atoms with E-state index in [4.69, 9.17) is 4.74 Å². The second-order valence-corrected chi connectivity index (χ2v) is 9.46. The molecule has 0 radical (unpaired) electrons. The van der Waals surface area contributed by atoms with E-state index in [1.807, 2.05) is 37.8 Å². The predicted molar refractivity (Wildman–Crippen MR) is 106 cm³/mol. The zero-order valence-electron chi connectivity index (χ0n) is 17.2. The molecule has 0 aliphatic carbocycles. The Morgan fingerprint density at radius 3 is 2.62 bits per heavy atom. The number of ether oxygens (including phenoxy) is 1. The first-order chi connectivity index (χ1) is 13.6. The number of imide groups is 1. The van der Waals surface area contributed by atoms with Gasteiger partial charge in [-0.25, -0.2) is 9.78 Å². The monoisotopic (exact) mass is 400 g/mol. The maximum absolute atomic E-state index is 12.3. The first-order valence-corrected chi connectivity index (χ1v) is 10.2. The van der Waals surface area contributed by atoms with Gasteiger partial charge < -0.3 is 14.5 Å². The fraction of sp³-hybridized carbons (Fsp3) is 0.619. The highest BCUT2D eigenvalue weighted by Crippen LogP contribution is 2.41. The number of piperidine rings is 1. The van der Waals surface area contributed by atoms with Crippen LogP contribution in [0.3, 0.4) is 0 Å². The number of nitrogens with zero attached hydrogens (tertiary/aromatic N) is 3. The molecule has 156 valence electrons. The van der Waals surface area contributed by atoms with E-state index in [0.29, 0.717) is 19.4 Å². The van der Waals surface area contributed by atoms with Gasteiger partial charge in [-0.15, -0.1) is 0 Å². The van der Waals surface area contributed by atoms with Gasteiger partial charge in [0.25, 0.3) is 0 Å². The van der Waals surface area contributed by atoms with Gasteiger partial charge in [0, 0.05) is 44.2 Å². The minimum Gasteiger partial charge on any atom is -0.444 e. The topological polar surface area (TPSA) is 91.8 Å². The average molecular weight is 400 g/mol. The lowest BCUT2D eigenvalue weighted by atomic mass is 9.79. The van der Waals surface area contributed by atoms with Gasteiger partial charge in [0.15, 0.2) is 0 Å². The molecule has 3 aliphatic rings. The van der Waals surface area contributed by atoms with E-state index in [1.54, 1.807) is 6.20 Å². The van der Waals surface area contributed by atoms with Crippen LogP contribution in [-0.2, 0) is 14.3 Å². The van der Waals surface area contributed by atoms with Crippen LogP contribution in [-0.4, -0.2) is 59.6 Å². The van der Waals surface area contributed by atoms with Crippen LogP contribution >= 0.6 is 0 Å². The van der Waals surface area contributed by atoms with Crippen LogP contribution in [0.1, 0.15) is 51.5 Å². The number of pyridine rings is 1. The van der Waals surface area contributed by atoms with E-state index in [0.717, 1.165) is 37.4 Å². The van der Waals surface area contributed by atoms with E-state index in [2.05, 4.69) is 15.2 Å². The number of amides is 3. The molecule has 1 aromatic heterocycles. The van der Waals surface area contributed by atoms with Crippen LogP contribution in [0.5, 0.6) is 0 Å². The van der Waals surface area contributed by atoms with E-state index in [-0.39, 0.29) is 29.2 Å². The Balaban J connectivity index is 1.33. The maximum atomic E-state index is 12.3. The first-order valence-electron chi connectivity index (χ1n) is 10.2. The van der Waals surface area contributed by atoms with Gasteiger partial charge in [-0.1, -0.05) is 6.07 Å². The van der Waals surface area contributed by atoms with Crippen molar-refractivity contribution in [1.29, 1.82) is 0 Å². The van der Waals surface area contributed by atoms with Crippen molar-refractivity contribution in [3.8, 4) is 0 Å². The summed E-state index contributed by atoms with van der Waals surface area (Å²) in [7, 11) is 0. The number of carbonyl (C=O) groups excluding carboxylic acids is 3. The number of hydrogen-bond acceptors (Lipinski definition) is 6. The molecular formula is C21H28N4O4. The van der Waals surface area contributed by atoms with Crippen LogP contribution < -0.4 is 10.2 Å². The summed E-state index contributed by atoms with van der Waals surface area (Å²) >= 11 is 0. The largest absolute Gasteiger partial charge is 0.444 e. The van der Waals surface area contributed by atoms with Crippen LogP contribution in [0.15, 0.2) is 18.3 Å². The zero-order chi connectivity index (χ0) is 20.8. The summed E-state index contributed by atoms with van der Waals surface area (Å²) in [6.45, 7) is 8.80. The van der Waals surface area contributed by atoms with Crippen molar-refractivity contribution in [1.82, 2.24) is 15.2 Å². The Kier molecular flexibility index (Phi) is 4.75. The van der Waals surface area contributed by atoms with Crippen molar-refractivity contribution < 1.29 is 19.1 Å². The Morgan fingerprint density at radius 2 is 2.00 bits per heavy atom. The van der Waals surface area contributed by atoms with Gasteiger partial charge >= 0.3 is 6.09 Å². The standard InChI is InChI=1S/C21H28N4O4/c1-20(2,3)29-19(28)24-9-8-21(11-24)12-25(13-21)16-6-4-14(10-22-16)15-5-7-17(26)23-18(15)27/h4,6,10,15H,5,7-9,11-13H2,1-3H3,(H,23,26,27). The molecule has 0 aromatic carbocycles. The van der Waals surface area contributed by atoms with Crippen molar-refractivity contribution in [3.63, 3.8) is 0 Å².